The highest BCUT2D eigenvalue weighted by atomic mass is 32.2. The van der Waals surface area contributed by atoms with Gasteiger partial charge in [-0.25, -0.2) is 0 Å². The number of benzene rings is 3. The molecule has 1 heterocycles. The smallest absolute Gasteiger partial charge is 0.264 e. The second kappa shape index (κ2) is 8.32. The van der Waals surface area contributed by atoms with Crippen molar-refractivity contribution < 1.29 is 9.53 Å². The quantitative estimate of drug-likeness (QED) is 0.387. The van der Waals surface area contributed by atoms with E-state index in [1.807, 2.05) is 55.5 Å². The number of nitrogens with zero attached hydrogens (tertiary/aromatic N) is 2. The summed E-state index contributed by atoms with van der Waals surface area (Å²) in [7, 11) is 1.61. The molecule has 1 saturated heterocycles. The molecule has 1 aliphatic heterocycles. The van der Waals surface area contributed by atoms with E-state index in [2.05, 4.69) is 33.7 Å². The van der Waals surface area contributed by atoms with Crippen LogP contribution in [0.5, 0.6) is 5.75 Å². The van der Waals surface area contributed by atoms with Crippen LogP contribution in [0.3, 0.4) is 0 Å². The maximum atomic E-state index is 12.3. The minimum atomic E-state index is -0.197. The van der Waals surface area contributed by atoms with Gasteiger partial charge in [-0.15, -0.1) is 5.10 Å². The number of amidine groups is 1. The number of carbonyl (C=O) groups is 1. The van der Waals surface area contributed by atoms with Crippen molar-refractivity contribution in [3.05, 3.63) is 82.8 Å². The van der Waals surface area contributed by atoms with Gasteiger partial charge in [0.1, 0.15) is 5.75 Å². The fourth-order valence-corrected chi connectivity index (χ4v) is 3.88. The molecule has 0 radical (unpaired) electrons. The lowest BCUT2D eigenvalue weighted by Gasteiger charge is -2.04. The van der Waals surface area contributed by atoms with Crippen molar-refractivity contribution in [1.29, 1.82) is 0 Å². The Balaban J connectivity index is 1.59. The summed E-state index contributed by atoms with van der Waals surface area (Å²) in [6.07, 6.45) is 1.79. The van der Waals surface area contributed by atoms with Gasteiger partial charge in [0.25, 0.3) is 5.91 Å². The molecule has 1 aliphatic rings. The van der Waals surface area contributed by atoms with Crippen LogP contribution in [0.2, 0.25) is 0 Å². The first-order chi connectivity index (χ1) is 14.2. The van der Waals surface area contributed by atoms with Crippen LogP contribution in [-0.2, 0) is 4.79 Å². The predicted octanol–water partition coefficient (Wildman–Crippen LogP) is 4.83. The van der Waals surface area contributed by atoms with E-state index in [1.54, 1.807) is 13.2 Å². The second-order valence-corrected chi connectivity index (χ2v) is 7.45. The van der Waals surface area contributed by atoms with Crippen LogP contribution in [0, 0.1) is 0 Å². The fourth-order valence-electron chi connectivity index (χ4n) is 3.12. The Morgan fingerprint density at radius 1 is 1.03 bits per heavy atom. The van der Waals surface area contributed by atoms with E-state index in [0.717, 1.165) is 27.6 Å². The van der Waals surface area contributed by atoms with E-state index in [4.69, 9.17) is 4.74 Å². The Hall–Kier alpha value is -3.38. The molecule has 5 nitrogen and oxygen atoms in total. The summed E-state index contributed by atoms with van der Waals surface area (Å²) in [6, 6.07) is 21.8. The van der Waals surface area contributed by atoms with Gasteiger partial charge >= 0.3 is 0 Å². The van der Waals surface area contributed by atoms with Crippen LogP contribution in [0.1, 0.15) is 18.1 Å². The minimum Gasteiger partial charge on any atom is -0.496 e. The first-order valence-electron chi connectivity index (χ1n) is 9.10. The molecule has 0 spiro atoms. The van der Waals surface area contributed by atoms with Gasteiger partial charge in [0.05, 0.1) is 17.7 Å². The number of fused-ring (bicyclic) bond motifs is 1. The number of para-hydroxylation sites is 1. The Bertz CT molecular complexity index is 1180. The summed E-state index contributed by atoms with van der Waals surface area (Å²) in [5, 5.41) is 14.1. The third kappa shape index (κ3) is 4.07. The highest BCUT2D eigenvalue weighted by Gasteiger charge is 2.24. The zero-order chi connectivity index (χ0) is 20.2. The number of nitrogens with one attached hydrogen (secondary N) is 1. The number of rotatable bonds is 4. The third-order valence-electron chi connectivity index (χ3n) is 4.55. The van der Waals surface area contributed by atoms with Gasteiger partial charge < -0.3 is 4.74 Å². The van der Waals surface area contributed by atoms with Gasteiger partial charge in [0, 0.05) is 11.1 Å². The lowest BCUT2D eigenvalue weighted by molar-refractivity contribution is -0.115. The third-order valence-corrected chi connectivity index (χ3v) is 5.45. The van der Waals surface area contributed by atoms with E-state index in [1.165, 1.54) is 11.8 Å². The largest absolute Gasteiger partial charge is 0.496 e. The number of thioether (sulfide) groups is 1. The Morgan fingerprint density at radius 3 is 2.66 bits per heavy atom. The number of hydrogen-bond donors (Lipinski definition) is 1. The average molecular weight is 401 g/mol. The van der Waals surface area contributed by atoms with Crippen molar-refractivity contribution in [2.75, 3.05) is 7.11 Å². The molecule has 144 valence electrons. The van der Waals surface area contributed by atoms with E-state index in [-0.39, 0.29) is 5.91 Å². The maximum Gasteiger partial charge on any atom is 0.264 e. The van der Waals surface area contributed by atoms with Gasteiger partial charge in [-0.2, -0.15) is 5.10 Å². The first-order valence-corrected chi connectivity index (χ1v) is 9.91. The van der Waals surface area contributed by atoms with Crippen molar-refractivity contribution in [1.82, 2.24) is 5.32 Å². The summed E-state index contributed by atoms with van der Waals surface area (Å²) < 4.78 is 5.34. The van der Waals surface area contributed by atoms with Crippen LogP contribution in [-0.4, -0.2) is 23.9 Å². The summed E-state index contributed by atoms with van der Waals surface area (Å²) in [5.41, 5.74) is 2.64. The zero-order valence-electron chi connectivity index (χ0n) is 16.0. The molecule has 0 atom stereocenters. The summed E-state index contributed by atoms with van der Waals surface area (Å²) in [4.78, 5) is 12.9. The molecule has 0 aromatic heterocycles. The molecule has 29 heavy (non-hydrogen) atoms. The minimum absolute atomic E-state index is 0.197. The molecule has 3 aromatic rings. The number of carbonyl (C=O) groups excluding carboxylic acids is 1. The lowest BCUT2D eigenvalue weighted by atomic mass is 10.0. The van der Waals surface area contributed by atoms with Crippen molar-refractivity contribution in [2.24, 2.45) is 10.2 Å². The molecular weight excluding hydrogens is 382 g/mol. The maximum absolute atomic E-state index is 12.3. The van der Waals surface area contributed by atoms with Crippen molar-refractivity contribution in [3.63, 3.8) is 0 Å². The molecule has 1 N–H and O–H groups in total. The van der Waals surface area contributed by atoms with Crippen LogP contribution in [0.4, 0.5) is 0 Å². The van der Waals surface area contributed by atoms with Gasteiger partial charge in [-0.1, -0.05) is 60.7 Å². The van der Waals surface area contributed by atoms with Crippen LogP contribution in [0.15, 0.2) is 81.8 Å². The number of ether oxygens (including phenoxy) is 1. The molecular formula is C23H19N3O2S. The fraction of sp³-hybridized carbons (Fsp3) is 0.0870. The Kier molecular flexibility index (Phi) is 5.44. The van der Waals surface area contributed by atoms with E-state index >= 15 is 0 Å². The summed E-state index contributed by atoms with van der Waals surface area (Å²) in [6.45, 7) is 1.92. The number of hydrogen-bond acceptors (Lipinski definition) is 5. The van der Waals surface area contributed by atoms with E-state index in [9.17, 15) is 4.79 Å². The van der Waals surface area contributed by atoms with Crippen LogP contribution < -0.4 is 10.1 Å². The second-order valence-electron chi connectivity index (χ2n) is 6.42. The Morgan fingerprint density at radius 2 is 1.79 bits per heavy atom. The Labute approximate surface area is 173 Å². The van der Waals surface area contributed by atoms with Gasteiger partial charge in [0.2, 0.25) is 0 Å². The predicted molar refractivity (Wildman–Crippen MR) is 120 cm³/mol. The molecule has 0 bridgehead atoms. The number of methoxy groups -OCH3 is 1. The molecule has 6 heteroatoms. The van der Waals surface area contributed by atoms with Crippen molar-refractivity contribution >= 4 is 45.4 Å². The lowest BCUT2D eigenvalue weighted by Crippen LogP contribution is -2.19. The zero-order valence-corrected chi connectivity index (χ0v) is 16.9. The average Bonchev–Trinajstić information content (AvgIpc) is 3.11. The highest BCUT2D eigenvalue weighted by molar-refractivity contribution is 8.18. The van der Waals surface area contributed by atoms with Crippen molar-refractivity contribution in [3.8, 4) is 5.75 Å². The van der Waals surface area contributed by atoms with Crippen LogP contribution >= 0.6 is 11.8 Å². The number of amides is 1. The van der Waals surface area contributed by atoms with E-state index < -0.39 is 0 Å². The van der Waals surface area contributed by atoms with Crippen LogP contribution in [0.25, 0.3) is 16.8 Å². The molecule has 1 fully saturated rings. The molecule has 0 unspecified atom stereocenters. The molecule has 0 aliphatic carbocycles. The summed E-state index contributed by atoms with van der Waals surface area (Å²) >= 11 is 1.26. The normalized spacial score (nSPS) is 17.2. The molecule has 3 aromatic carbocycles. The first kappa shape index (κ1) is 19.0. The van der Waals surface area contributed by atoms with Crippen molar-refractivity contribution in [2.45, 2.75) is 6.92 Å². The summed E-state index contributed by atoms with van der Waals surface area (Å²) in [5.74, 6) is 0.515. The SMILES string of the molecule is COc1ccccc1/C=C1\S/C(=N/N=C(/C)c2cccc3ccccc23)NC1=O. The highest BCUT2D eigenvalue weighted by Crippen LogP contribution is 2.29. The molecule has 0 saturated carbocycles. The monoisotopic (exact) mass is 401 g/mol. The van der Waals surface area contributed by atoms with E-state index in [0.29, 0.717) is 15.8 Å². The van der Waals surface area contributed by atoms with Gasteiger partial charge in [0.15, 0.2) is 5.17 Å². The standard InChI is InChI=1S/C23H19N3O2S/c1-15(18-12-7-10-16-8-3-5-11-19(16)18)25-26-23-24-22(27)21(29-23)14-17-9-4-6-13-20(17)28-2/h3-14H,1-2H3,(H,24,26,27)/b21-14-,25-15-. The topological polar surface area (TPSA) is 63.1 Å². The van der Waals surface area contributed by atoms with Gasteiger partial charge in [-0.05, 0) is 41.6 Å². The van der Waals surface area contributed by atoms with Gasteiger partial charge in [-0.3, -0.25) is 10.1 Å². The molecule has 4 rings (SSSR count). The molecule has 1 amide bonds.